The summed E-state index contributed by atoms with van der Waals surface area (Å²) < 4.78 is 13.2. The maximum Gasteiger partial charge on any atom is 0.134 e. The van der Waals surface area contributed by atoms with Gasteiger partial charge in [0.2, 0.25) is 0 Å². The molecule has 0 saturated carbocycles. The Morgan fingerprint density at radius 1 is 1.08 bits per heavy atom. The maximum absolute atomic E-state index is 13.2. The van der Waals surface area contributed by atoms with Gasteiger partial charge >= 0.3 is 0 Å². The molecule has 3 aromatic rings. The molecule has 0 radical (unpaired) electrons. The van der Waals surface area contributed by atoms with Crippen LogP contribution in [-0.2, 0) is 13.0 Å². The van der Waals surface area contributed by atoms with E-state index < -0.39 is 0 Å². The molecule has 25 heavy (non-hydrogen) atoms. The summed E-state index contributed by atoms with van der Waals surface area (Å²) >= 11 is 6.10. The number of nitrogens with zero attached hydrogens (tertiary/aromatic N) is 4. The molecule has 0 saturated heterocycles. The molecule has 6 heteroatoms. The minimum atomic E-state index is -0.246. The normalized spacial score (nSPS) is 10.7. The van der Waals surface area contributed by atoms with Gasteiger partial charge in [0.05, 0.1) is 0 Å². The third-order valence-electron chi connectivity index (χ3n) is 3.77. The van der Waals surface area contributed by atoms with E-state index >= 15 is 0 Å². The Hall–Kier alpha value is -2.53. The summed E-state index contributed by atoms with van der Waals surface area (Å²) in [6.07, 6.45) is 2.55. The van der Waals surface area contributed by atoms with E-state index in [1.54, 1.807) is 24.4 Å². The van der Waals surface area contributed by atoms with E-state index in [9.17, 15) is 4.39 Å². The molecule has 0 aliphatic carbocycles. The Labute approximate surface area is 151 Å². The number of hydrogen-bond acceptors (Lipinski definition) is 4. The maximum atomic E-state index is 13.2. The number of hydrogen-bond donors (Lipinski definition) is 0. The molecule has 0 atom stereocenters. The Kier molecular flexibility index (Phi) is 5.56. The molecule has 0 N–H and O–H groups in total. The molecule has 0 amide bonds. The highest BCUT2D eigenvalue weighted by atomic mass is 35.5. The third-order valence-corrected chi connectivity index (χ3v) is 3.96. The van der Waals surface area contributed by atoms with Crippen molar-refractivity contribution in [3.8, 4) is 0 Å². The number of anilines is 1. The van der Waals surface area contributed by atoms with E-state index in [-0.39, 0.29) is 5.82 Å². The van der Waals surface area contributed by atoms with Gasteiger partial charge in [0.1, 0.15) is 22.6 Å². The highest BCUT2D eigenvalue weighted by Crippen LogP contribution is 2.19. The van der Waals surface area contributed by atoms with E-state index in [4.69, 9.17) is 11.6 Å². The second-order valence-corrected chi connectivity index (χ2v) is 6.10. The van der Waals surface area contributed by atoms with Crippen LogP contribution in [0, 0.1) is 12.7 Å². The average molecular weight is 357 g/mol. The molecular weight excluding hydrogens is 339 g/mol. The molecule has 0 spiro atoms. The van der Waals surface area contributed by atoms with Gasteiger partial charge in [0.15, 0.2) is 0 Å². The van der Waals surface area contributed by atoms with Crippen LogP contribution in [0.4, 0.5) is 10.2 Å². The Bertz CT molecular complexity index is 804. The van der Waals surface area contributed by atoms with Crippen molar-refractivity contribution in [2.45, 2.75) is 19.9 Å². The predicted octanol–water partition coefficient (Wildman–Crippen LogP) is 4.22. The summed E-state index contributed by atoms with van der Waals surface area (Å²) in [6.45, 7) is 3.12. The molecule has 0 fully saturated rings. The fourth-order valence-electron chi connectivity index (χ4n) is 2.56. The number of pyridine rings is 1. The van der Waals surface area contributed by atoms with Gasteiger partial charge in [0, 0.05) is 37.5 Å². The Morgan fingerprint density at radius 2 is 1.88 bits per heavy atom. The quantitative estimate of drug-likeness (QED) is 0.620. The van der Waals surface area contributed by atoms with Crippen LogP contribution in [0.2, 0.25) is 5.15 Å². The van der Waals surface area contributed by atoms with Crippen molar-refractivity contribution < 1.29 is 4.39 Å². The van der Waals surface area contributed by atoms with Crippen LogP contribution in [0.15, 0.2) is 54.7 Å². The summed E-state index contributed by atoms with van der Waals surface area (Å²) in [4.78, 5) is 15.1. The smallest absolute Gasteiger partial charge is 0.134 e. The van der Waals surface area contributed by atoms with Crippen LogP contribution in [0.25, 0.3) is 0 Å². The summed E-state index contributed by atoms with van der Waals surface area (Å²) in [7, 11) is 0. The van der Waals surface area contributed by atoms with Gasteiger partial charge in [0.25, 0.3) is 0 Å². The zero-order valence-electron chi connectivity index (χ0n) is 13.9. The van der Waals surface area contributed by atoms with E-state index in [1.807, 2.05) is 25.1 Å². The van der Waals surface area contributed by atoms with Gasteiger partial charge in [-0.2, -0.15) is 0 Å². The average Bonchev–Trinajstić information content (AvgIpc) is 2.60. The molecule has 0 bridgehead atoms. The minimum Gasteiger partial charge on any atom is -0.352 e. The van der Waals surface area contributed by atoms with Crippen molar-refractivity contribution in [2.75, 3.05) is 11.4 Å². The monoisotopic (exact) mass is 356 g/mol. The largest absolute Gasteiger partial charge is 0.352 e. The van der Waals surface area contributed by atoms with Gasteiger partial charge in [-0.25, -0.2) is 14.4 Å². The zero-order valence-corrected chi connectivity index (χ0v) is 14.6. The highest BCUT2D eigenvalue weighted by Gasteiger charge is 2.12. The van der Waals surface area contributed by atoms with Crippen molar-refractivity contribution >= 4 is 17.4 Å². The van der Waals surface area contributed by atoms with Crippen LogP contribution >= 0.6 is 11.6 Å². The summed E-state index contributed by atoms with van der Waals surface area (Å²) in [5.74, 6) is 1.12. The molecule has 0 aliphatic heterocycles. The molecule has 0 aliphatic rings. The van der Waals surface area contributed by atoms with Gasteiger partial charge in [-0.05, 0) is 36.8 Å². The number of aromatic nitrogens is 3. The van der Waals surface area contributed by atoms with Crippen molar-refractivity contribution in [1.82, 2.24) is 15.0 Å². The Balaban J connectivity index is 1.83. The predicted molar refractivity (Wildman–Crippen MR) is 97.2 cm³/mol. The topological polar surface area (TPSA) is 41.9 Å². The molecule has 2 heterocycles. The van der Waals surface area contributed by atoms with E-state index in [2.05, 4.69) is 19.9 Å². The van der Waals surface area contributed by atoms with Crippen molar-refractivity contribution in [3.05, 3.63) is 82.8 Å². The first-order chi connectivity index (χ1) is 12.1. The lowest BCUT2D eigenvalue weighted by Gasteiger charge is -2.24. The van der Waals surface area contributed by atoms with Gasteiger partial charge in [-0.1, -0.05) is 29.8 Å². The van der Waals surface area contributed by atoms with E-state index in [0.29, 0.717) is 24.1 Å². The zero-order chi connectivity index (χ0) is 17.6. The standard InChI is InChI=1S/C19H18ClFN4/c1-14-23-18(20)12-19(24-14)25(11-9-17-4-2-3-10-22-17)13-15-5-7-16(21)8-6-15/h2-8,10,12H,9,11,13H2,1H3. The number of benzene rings is 1. The molecule has 3 rings (SSSR count). The summed E-state index contributed by atoms with van der Waals surface area (Å²) in [5.41, 5.74) is 2.00. The van der Waals surface area contributed by atoms with Crippen molar-refractivity contribution in [1.29, 1.82) is 0 Å². The fourth-order valence-corrected chi connectivity index (χ4v) is 2.78. The fraction of sp³-hybridized carbons (Fsp3) is 0.211. The second kappa shape index (κ2) is 8.03. The lowest BCUT2D eigenvalue weighted by Crippen LogP contribution is -2.27. The van der Waals surface area contributed by atoms with Crippen LogP contribution in [0.3, 0.4) is 0 Å². The van der Waals surface area contributed by atoms with Crippen LogP contribution in [0.1, 0.15) is 17.1 Å². The minimum absolute atomic E-state index is 0.246. The van der Waals surface area contributed by atoms with E-state index in [0.717, 1.165) is 23.5 Å². The van der Waals surface area contributed by atoms with Crippen LogP contribution in [0.5, 0.6) is 0 Å². The van der Waals surface area contributed by atoms with Gasteiger partial charge in [-0.3, -0.25) is 4.98 Å². The highest BCUT2D eigenvalue weighted by molar-refractivity contribution is 6.29. The molecule has 4 nitrogen and oxygen atoms in total. The summed E-state index contributed by atoms with van der Waals surface area (Å²) in [5, 5.41) is 0.407. The lowest BCUT2D eigenvalue weighted by molar-refractivity contribution is 0.626. The molecule has 0 unspecified atom stereocenters. The molecule has 1 aromatic carbocycles. The third kappa shape index (κ3) is 4.97. The number of rotatable bonds is 6. The first kappa shape index (κ1) is 17.3. The van der Waals surface area contributed by atoms with Crippen LogP contribution in [-0.4, -0.2) is 21.5 Å². The van der Waals surface area contributed by atoms with Gasteiger partial charge in [-0.15, -0.1) is 0 Å². The SMILES string of the molecule is Cc1nc(Cl)cc(N(CCc2ccccn2)Cc2ccc(F)cc2)n1. The van der Waals surface area contributed by atoms with Crippen LogP contribution < -0.4 is 4.90 Å². The first-order valence-electron chi connectivity index (χ1n) is 8.00. The lowest BCUT2D eigenvalue weighted by atomic mass is 10.2. The molecule has 2 aromatic heterocycles. The summed E-state index contributed by atoms with van der Waals surface area (Å²) in [6, 6.07) is 14.1. The Morgan fingerprint density at radius 3 is 2.56 bits per heavy atom. The molecular formula is C19H18ClFN4. The second-order valence-electron chi connectivity index (χ2n) is 5.72. The van der Waals surface area contributed by atoms with Crippen molar-refractivity contribution in [2.24, 2.45) is 0 Å². The van der Waals surface area contributed by atoms with Gasteiger partial charge < -0.3 is 4.90 Å². The van der Waals surface area contributed by atoms with E-state index in [1.165, 1.54) is 12.1 Å². The number of halogens is 2. The van der Waals surface area contributed by atoms with Crippen molar-refractivity contribution in [3.63, 3.8) is 0 Å². The first-order valence-corrected chi connectivity index (χ1v) is 8.38. The molecule has 128 valence electrons. The number of aryl methyl sites for hydroxylation is 1.